The zero-order valence-corrected chi connectivity index (χ0v) is 13.0. The summed E-state index contributed by atoms with van der Waals surface area (Å²) in [7, 11) is 1.51. The summed E-state index contributed by atoms with van der Waals surface area (Å²) in [4.78, 5) is 26.7. The first-order valence-electron chi connectivity index (χ1n) is 6.66. The standard InChI is InChI=1S/C16H14ClNO5/c1-22-14-3-2-12(17)6-11(14)7-13(19)9-23-15-8-10(16(20)21)4-5-18-15/h2-6,8H,7,9H2,1H3,(H,20,21). The Morgan fingerprint density at radius 1 is 1.26 bits per heavy atom. The quantitative estimate of drug-likeness (QED) is 0.837. The van der Waals surface area contributed by atoms with Crippen LogP contribution in [-0.2, 0) is 11.2 Å². The number of pyridine rings is 1. The molecule has 1 aromatic heterocycles. The van der Waals surface area contributed by atoms with Gasteiger partial charge in [-0.3, -0.25) is 4.79 Å². The molecule has 1 N–H and O–H groups in total. The Morgan fingerprint density at radius 3 is 2.74 bits per heavy atom. The fourth-order valence-electron chi connectivity index (χ4n) is 1.92. The number of carbonyl (C=O) groups excluding carboxylic acids is 1. The average molecular weight is 336 g/mol. The van der Waals surface area contributed by atoms with E-state index in [-0.39, 0.29) is 30.3 Å². The van der Waals surface area contributed by atoms with E-state index in [2.05, 4.69) is 4.98 Å². The molecule has 0 atom stereocenters. The van der Waals surface area contributed by atoms with Gasteiger partial charge in [0.2, 0.25) is 5.88 Å². The second-order valence-corrected chi connectivity index (χ2v) is 5.08. The number of hydrogen-bond acceptors (Lipinski definition) is 5. The van der Waals surface area contributed by atoms with Gasteiger partial charge in [0.05, 0.1) is 12.7 Å². The van der Waals surface area contributed by atoms with Crippen LogP contribution < -0.4 is 9.47 Å². The molecule has 0 saturated heterocycles. The van der Waals surface area contributed by atoms with E-state index in [1.165, 1.54) is 25.4 Å². The number of rotatable bonds is 7. The van der Waals surface area contributed by atoms with Crippen molar-refractivity contribution in [3.63, 3.8) is 0 Å². The summed E-state index contributed by atoms with van der Waals surface area (Å²) < 4.78 is 10.4. The maximum atomic E-state index is 12.0. The number of hydrogen-bond donors (Lipinski definition) is 1. The molecule has 2 aromatic rings. The minimum absolute atomic E-state index is 0.0407. The van der Waals surface area contributed by atoms with Crippen LogP contribution in [0.25, 0.3) is 0 Å². The number of ether oxygens (including phenoxy) is 2. The number of aromatic nitrogens is 1. The molecule has 1 aromatic carbocycles. The summed E-state index contributed by atoms with van der Waals surface area (Å²) in [6, 6.07) is 7.61. The number of nitrogens with zero attached hydrogens (tertiary/aromatic N) is 1. The molecule has 23 heavy (non-hydrogen) atoms. The Morgan fingerprint density at radius 2 is 2.04 bits per heavy atom. The fraction of sp³-hybridized carbons (Fsp3) is 0.188. The number of carbonyl (C=O) groups is 2. The lowest BCUT2D eigenvalue weighted by Gasteiger charge is -2.09. The van der Waals surface area contributed by atoms with Crippen LogP contribution in [0.2, 0.25) is 5.02 Å². The molecule has 120 valence electrons. The van der Waals surface area contributed by atoms with Gasteiger partial charge >= 0.3 is 5.97 Å². The number of aromatic carboxylic acids is 1. The number of ketones is 1. The number of benzene rings is 1. The molecule has 1 heterocycles. The van der Waals surface area contributed by atoms with Gasteiger partial charge in [-0.25, -0.2) is 9.78 Å². The van der Waals surface area contributed by atoms with Gasteiger partial charge in [-0.1, -0.05) is 11.6 Å². The van der Waals surface area contributed by atoms with Crippen LogP contribution in [0.15, 0.2) is 36.5 Å². The van der Waals surface area contributed by atoms with E-state index in [4.69, 9.17) is 26.2 Å². The van der Waals surface area contributed by atoms with Crippen molar-refractivity contribution in [1.29, 1.82) is 0 Å². The molecule has 0 spiro atoms. The first-order chi connectivity index (χ1) is 11.0. The van der Waals surface area contributed by atoms with Crippen LogP contribution >= 0.6 is 11.6 Å². The molecule has 7 heteroatoms. The highest BCUT2D eigenvalue weighted by atomic mass is 35.5. The second-order valence-electron chi connectivity index (χ2n) is 4.65. The summed E-state index contributed by atoms with van der Waals surface area (Å²) in [6.07, 6.45) is 1.39. The zero-order valence-electron chi connectivity index (χ0n) is 12.3. The number of methoxy groups -OCH3 is 1. The summed E-state index contributed by atoms with van der Waals surface area (Å²) in [5.74, 6) is -0.662. The second kappa shape index (κ2) is 7.60. The molecule has 0 bridgehead atoms. The summed E-state index contributed by atoms with van der Waals surface area (Å²) in [5.41, 5.74) is 0.694. The van der Waals surface area contributed by atoms with Gasteiger partial charge in [-0.15, -0.1) is 0 Å². The predicted molar refractivity (Wildman–Crippen MR) is 83.4 cm³/mol. The van der Waals surface area contributed by atoms with E-state index >= 15 is 0 Å². The van der Waals surface area contributed by atoms with Gasteiger partial charge in [-0.2, -0.15) is 0 Å². The first kappa shape index (κ1) is 16.8. The van der Waals surface area contributed by atoms with E-state index in [1.807, 2.05) is 0 Å². The van der Waals surface area contributed by atoms with Gasteiger partial charge in [0.25, 0.3) is 0 Å². The lowest BCUT2D eigenvalue weighted by Crippen LogP contribution is -2.15. The lowest BCUT2D eigenvalue weighted by atomic mass is 10.1. The van der Waals surface area contributed by atoms with E-state index in [1.54, 1.807) is 18.2 Å². The number of Topliss-reactive ketones (excluding diaryl/α,β-unsaturated/α-hetero) is 1. The number of carboxylic acid groups (broad SMARTS) is 1. The number of carboxylic acids is 1. The monoisotopic (exact) mass is 335 g/mol. The normalized spacial score (nSPS) is 10.2. The third-order valence-electron chi connectivity index (χ3n) is 2.99. The minimum atomic E-state index is -1.09. The molecule has 0 fully saturated rings. The largest absolute Gasteiger partial charge is 0.496 e. The third-order valence-corrected chi connectivity index (χ3v) is 3.23. The molecule has 0 aliphatic heterocycles. The Labute approximate surface area is 137 Å². The van der Waals surface area contributed by atoms with Crippen molar-refractivity contribution in [2.45, 2.75) is 6.42 Å². The number of halogens is 1. The summed E-state index contributed by atoms with van der Waals surface area (Å²) in [5, 5.41) is 9.39. The molecule has 0 aliphatic carbocycles. The van der Waals surface area contributed by atoms with Crippen LogP contribution in [0.5, 0.6) is 11.6 Å². The molecule has 2 rings (SSSR count). The lowest BCUT2D eigenvalue weighted by molar-refractivity contribution is -0.120. The Kier molecular flexibility index (Phi) is 5.54. The highest BCUT2D eigenvalue weighted by Gasteiger charge is 2.11. The maximum Gasteiger partial charge on any atom is 0.335 e. The molecule has 6 nitrogen and oxygen atoms in total. The van der Waals surface area contributed by atoms with Crippen LogP contribution in [-0.4, -0.2) is 35.6 Å². The summed E-state index contributed by atoms with van der Waals surface area (Å²) in [6.45, 7) is -0.230. The van der Waals surface area contributed by atoms with E-state index < -0.39 is 5.97 Å². The van der Waals surface area contributed by atoms with Crippen molar-refractivity contribution in [1.82, 2.24) is 4.98 Å². The van der Waals surface area contributed by atoms with Crippen molar-refractivity contribution in [3.05, 3.63) is 52.7 Å². The van der Waals surface area contributed by atoms with Crippen molar-refractivity contribution in [3.8, 4) is 11.6 Å². The van der Waals surface area contributed by atoms with Crippen molar-refractivity contribution in [2.75, 3.05) is 13.7 Å². The van der Waals surface area contributed by atoms with Crippen LogP contribution in [0.1, 0.15) is 15.9 Å². The molecule has 0 saturated carbocycles. The van der Waals surface area contributed by atoms with Crippen molar-refractivity contribution >= 4 is 23.4 Å². The average Bonchev–Trinajstić information content (AvgIpc) is 2.53. The minimum Gasteiger partial charge on any atom is -0.496 e. The van der Waals surface area contributed by atoms with E-state index in [9.17, 15) is 9.59 Å². The van der Waals surface area contributed by atoms with Gasteiger partial charge in [-0.05, 0) is 24.3 Å². The van der Waals surface area contributed by atoms with Gasteiger partial charge in [0, 0.05) is 29.3 Å². The Balaban J connectivity index is 1.99. The van der Waals surface area contributed by atoms with Gasteiger partial charge < -0.3 is 14.6 Å². The molecule has 0 unspecified atom stereocenters. The van der Waals surface area contributed by atoms with Crippen molar-refractivity contribution in [2.24, 2.45) is 0 Å². The van der Waals surface area contributed by atoms with Crippen LogP contribution in [0.4, 0.5) is 0 Å². The van der Waals surface area contributed by atoms with E-state index in [0.717, 1.165) is 0 Å². The smallest absolute Gasteiger partial charge is 0.335 e. The Bertz CT molecular complexity index is 732. The highest BCUT2D eigenvalue weighted by molar-refractivity contribution is 6.30. The van der Waals surface area contributed by atoms with E-state index in [0.29, 0.717) is 16.3 Å². The topological polar surface area (TPSA) is 85.7 Å². The zero-order chi connectivity index (χ0) is 16.8. The predicted octanol–water partition coefficient (Wildman–Crippen LogP) is 2.63. The van der Waals surface area contributed by atoms with Crippen molar-refractivity contribution < 1.29 is 24.2 Å². The van der Waals surface area contributed by atoms with Crippen LogP contribution in [0.3, 0.4) is 0 Å². The van der Waals surface area contributed by atoms with Gasteiger partial charge in [0.1, 0.15) is 12.4 Å². The van der Waals surface area contributed by atoms with Crippen LogP contribution in [0, 0.1) is 0 Å². The molecule has 0 aliphatic rings. The molecule has 0 radical (unpaired) electrons. The Hall–Kier alpha value is -2.60. The fourth-order valence-corrected chi connectivity index (χ4v) is 2.12. The SMILES string of the molecule is COc1ccc(Cl)cc1CC(=O)COc1cc(C(=O)O)ccn1. The van der Waals surface area contributed by atoms with Gasteiger partial charge in [0.15, 0.2) is 5.78 Å². The first-order valence-corrected chi connectivity index (χ1v) is 7.03. The maximum absolute atomic E-state index is 12.0. The molecular formula is C16H14ClNO5. The molecule has 0 amide bonds. The highest BCUT2D eigenvalue weighted by Crippen LogP contribution is 2.23. The molecular weight excluding hydrogens is 322 g/mol. The summed E-state index contributed by atoms with van der Waals surface area (Å²) >= 11 is 5.91. The third kappa shape index (κ3) is 4.69.